The highest BCUT2D eigenvalue weighted by atomic mass is 16.6. The molecule has 8 nitrogen and oxygen atoms in total. The van der Waals surface area contributed by atoms with E-state index in [2.05, 4.69) is 15.6 Å². The molecule has 3 aromatic carbocycles. The lowest BCUT2D eigenvalue weighted by Crippen LogP contribution is -2.28. The Kier molecular flexibility index (Phi) is 6.54. The highest BCUT2D eigenvalue weighted by Gasteiger charge is 2.35. The lowest BCUT2D eigenvalue weighted by atomic mass is 10.0. The van der Waals surface area contributed by atoms with Crippen LogP contribution < -0.4 is 10.2 Å². The first-order chi connectivity index (χ1) is 17.2. The van der Waals surface area contributed by atoms with Gasteiger partial charge >= 0.3 is 0 Å². The van der Waals surface area contributed by atoms with Crippen molar-refractivity contribution in [3.63, 3.8) is 0 Å². The van der Waals surface area contributed by atoms with Gasteiger partial charge < -0.3 is 14.2 Å². The van der Waals surface area contributed by atoms with E-state index >= 15 is 0 Å². The quantitative estimate of drug-likeness (QED) is 0.368. The summed E-state index contributed by atoms with van der Waals surface area (Å²) in [6, 6.07) is 26.5. The van der Waals surface area contributed by atoms with Crippen LogP contribution in [-0.4, -0.2) is 28.1 Å². The van der Waals surface area contributed by atoms with Crippen LogP contribution in [0.5, 0.6) is 5.75 Å². The first kappa shape index (κ1) is 22.4. The van der Waals surface area contributed by atoms with Crippen LogP contribution in [0.25, 0.3) is 11.1 Å². The van der Waals surface area contributed by atoms with Gasteiger partial charge in [-0.25, -0.2) is 0 Å². The molecule has 1 unspecified atom stereocenters. The van der Waals surface area contributed by atoms with Crippen LogP contribution >= 0.6 is 0 Å². The maximum Gasteiger partial charge on any atom is 0.264 e. The molecule has 4 aromatic rings. The highest BCUT2D eigenvalue weighted by Crippen LogP contribution is 2.33. The number of nitrogens with one attached hydrogen (secondary N) is 1. The van der Waals surface area contributed by atoms with Crippen molar-refractivity contribution in [2.45, 2.75) is 19.1 Å². The summed E-state index contributed by atoms with van der Waals surface area (Å²) in [6.07, 6.45) is 2.18. The molecule has 0 saturated heterocycles. The molecule has 0 fully saturated rings. The Hall–Kier alpha value is -4.43. The lowest BCUT2D eigenvalue weighted by molar-refractivity contribution is 0.0777. The molecule has 0 bridgehead atoms. The molecule has 176 valence electrons. The van der Waals surface area contributed by atoms with Gasteiger partial charge in [-0.15, -0.1) is 0 Å². The number of para-hydroxylation sites is 1. The maximum absolute atomic E-state index is 13.4. The van der Waals surface area contributed by atoms with Gasteiger partial charge in [0.25, 0.3) is 11.8 Å². The fourth-order valence-electron chi connectivity index (χ4n) is 3.94. The Morgan fingerprint density at radius 1 is 1.00 bits per heavy atom. The van der Waals surface area contributed by atoms with E-state index in [0.29, 0.717) is 29.4 Å². The van der Waals surface area contributed by atoms with E-state index < -0.39 is 6.04 Å². The Morgan fingerprint density at radius 3 is 2.40 bits per heavy atom. The van der Waals surface area contributed by atoms with Gasteiger partial charge in [0, 0.05) is 18.2 Å². The van der Waals surface area contributed by atoms with Crippen LogP contribution in [-0.2, 0) is 11.4 Å². The number of carbonyl (C=O) groups is 1. The molecule has 0 radical (unpaired) electrons. The number of amides is 1. The van der Waals surface area contributed by atoms with E-state index in [1.807, 2.05) is 84.9 Å². The fraction of sp³-hybridized carbons (Fsp3) is 0.148. The van der Waals surface area contributed by atoms with Crippen molar-refractivity contribution < 1.29 is 18.9 Å². The summed E-state index contributed by atoms with van der Waals surface area (Å²) in [5, 5.41) is 4.12. The average Bonchev–Trinajstić information content (AvgIpc) is 3.56. The molecular weight excluding hydrogens is 444 g/mol. The number of carbonyl (C=O) groups excluding carboxylic acids is 1. The minimum atomic E-state index is -0.442. The number of hydrogen-bond acceptors (Lipinski definition) is 7. The average molecular weight is 469 g/mol. The third-order valence-corrected chi connectivity index (χ3v) is 5.64. The van der Waals surface area contributed by atoms with Crippen LogP contribution in [0, 0.1) is 0 Å². The van der Waals surface area contributed by atoms with E-state index in [-0.39, 0.29) is 12.5 Å². The first-order valence-corrected chi connectivity index (χ1v) is 11.2. The van der Waals surface area contributed by atoms with Gasteiger partial charge in [-0.2, -0.15) is 4.98 Å². The minimum absolute atomic E-state index is 0.134. The molecule has 1 aliphatic heterocycles. The van der Waals surface area contributed by atoms with E-state index in [4.69, 9.17) is 14.1 Å². The number of aromatic nitrogens is 2. The predicted octanol–water partition coefficient (Wildman–Crippen LogP) is 4.90. The summed E-state index contributed by atoms with van der Waals surface area (Å²) < 4.78 is 11.1. The van der Waals surface area contributed by atoms with Crippen LogP contribution in [0.4, 0.5) is 0 Å². The molecular formula is C27H24N4O4. The van der Waals surface area contributed by atoms with Gasteiger partial charge in [0.2, 0.25) is 0 Å². The first-order valence-electron chi connectivity index (χ1n) is 11.2. The smallest absolute Gasteiger partial charge is 0.264 e. The topological polar surface area (TPSA) is 89.7 Å². The second kappa shape index (κ2) is 10.2. The summed E-state index contributed by atoms with van der Waals surface area (Å²) in [5.41, 5.74) is 6.24. The fourth-order valence-corrected chi connectivity index (χ4v) is 3.94. The van der Waals surface area contributed by atoms with Crippen molar-refractivity contribution in [1.82, 2.24) is 20.5 Å². The summed E-state index contributed by atoms with van der Waals surface area (Å²) in [5.74, 6) is 1.26. The largest absolute Gasteiger partial charge is 0.484 e. The molecule has 0 aliphatic carbocycles. The Labute approximate surface area is 202 Å². The normalized spacial score (nSPS) is 15.1. The van der Waals surface area contributed by atoms with Gasteiger partial charge in [-0.3, -0.25) is 15.1 Å². The third-order valence-electron chi connectivity index (χ3n) is 5.64. The van der Waals surface area contributed by atoms with Crippen LogP contribution in [0.1, 0.15) is 34.5 Å². The highest BCUT2D eigenvalue weighted by molar-refractivity contribution is 5.96. The zero-order valence-corrected chi connectivity index (χ0v) is 19.1. The molecule has 0 saturated carbocycles. The zero-order valence-electron chi connectivity index (χ0n) is 19.1. The second-order valence-electron chi connectivity index (χ2n) is 7.98. The predicted molar refractivity (Wildman–Crippen MR) is 129 cm³/mol. The van der Waals surface area contributed by atoms with Crippen molar-refractivity contribution in [3.05, 3.63) is 114 Å². The molecule has 5 rings (SSSR count). The lowest BCUT2D eigenvalue weighted by Gasteiger charge is -2.21. The van der Waals surface area contributed by atoms with Gasteiger partial charge in [-0.1, -0.05) is 65.8 Å². The molecule has 1 amide bonds. The monoisotopic (exact) mass is 468 g/mol. The van der Waals surface area contributed by atoms with Crippen molar-refractivity contribution in [1.29, 1.82) is 0 Å². The molecule has 35 heavy (non-hydrogen) atoms. The standard InChI is InChI=1S/C27H24N4O4/c1-33-29-22-16-24(26-28-25(35-30-26)18-34-23-10-6-3-7-11-23)31(17-22)27(32)21-14-12-20(13-15-21)19-8-4-2-5-9-19/h2-15,17,24,29H,16,18H2,1H3. The SMILES string of the molecule is CONC1=CN(C(=O)c2ccc(-c3ccccc3)cc2)C(c2noc(COc3ccccc3)n2)C1. The maximum atomic E-state index is 13.4. The Balaban J connectivity index is 1.33. The molecule has 0 spiro atoms. The van der Waals surface area contributed by atoms with Crippen LogP contribution in [0.2, 0.25) is 0 Å². The number of nitrogens with zero attached hydrogens (tertiary/aromatic N) is 3. The zero-order chi connectivity index (χ0) is 24.0. The molecule has 8 heteroatoms. The number of benzene rings is 3. The van der Waals surface area contributed by atoms with Gasteiger partial charge in [0.1, 0.15) is 11.8 Å². The summed E-state index contributed by atoms with van der Waals surface area (Å²) >= 11 is 0. The van der Waals surface area contributed by atoms with Crippen molar-refractivity contribution in [2.24, 2.45) is 0 Å². The van der Waals surface area contributed by atoms with Crippen molar-refractivity contribution in [3.8, 4) is 16.9 Å². The summed E-state index contributed by atoms with van der Waals surface area (Å²) in [4.78, 5) is 24.6. The molecule has 1 atom stereocenters. The second-order valence-corrected chi connectivity index (χ2v) is 7.98. The molecule has 1 aliphatic rings. The van der Waals surface area contributed by atoms with Gasteiger partial charge in [0.05, 0.1) is 12.8 Å². The van der Waals surface area contributed by atoms with Crippen molar-refractivity contribution in [2.75, 3.05) is 7.11 Å². The van der Waals surface area contributed by atoms with E-state index in [9.17, 15) is 4.79 Å². The molecule has 2 heterocycles. The van der Waals surface area contributed by atoms with Gasteiger partial charge in [-0.05, 0) is 35.4 Å². The number of hydroxylamine groups is 1. The van der Waals surface area contributed by atoms with E-state index in [1.54, 1.807) is 11.1 Å². The van der Waals surface area contributed by atoms with E-state index in [1.165, 1.54) is 7.11 Å². The molecule has 1 N–H and O–H groups in total. The number of hydrogen-bond donors (Lipinski definition) is 1. The number of rotatable bonds is 8. The minimum Gasteiger partial charge on any atom is -0.484 e. The number of ether oxygens (including phenoxy) is 1. The van der Waals surface area contributed by atoms with E-state index in [0.717, 1.165) is 16.8 Å². The van der Waals surface area contributed by atoms with Gasteiger partial charge in [0.15, 0.2) is 12.4 Å². The summed E-state index contributed by atoms with van der Waals surface area (Å²) in [7, 11) is 1.52. The molecule has 1 aromatic heterocycles. The van der Waals surface area contributed by atoms with Crippen LogP contribution in [0.3, 0.4) is 0 Å². The third kappa shape index (κ3) is 5.07. The Bertz CT molecular complexity index is 1300. The van der Waals surface area contributed by atoms with Crippen LogP contribution in [0.15, 0.2) is 101 Å². The summed E-state index contributed by atoms with van der Waals surface area (Å²) in [6.45, 7) is 0.134. The van der Waals surface area contributed by atoms with Crippen molar-refractivity contribution >= 4 is 5.91 Å². The Morgan fingerprint density at radius 2 is 1.69 bits per heavy atom.